The number of fused-ring (bicyclic) bond motifs is 1. The number of amides is 1. The second-order valence-electron chi connectivity index (χ2n) is 5.26. The molecule has 0 aliphatic carbocycles. The third-order valence-corrected chi connectivity index (χ3v) is 3.61. The third kappa shape index (κ3) is 2.57. The Kier molecular flexibility index (Phi) is 3.63. The first-order valence-corrected chi connectivity index (χ1v) is 7.22. The fourth-order valence-corrected chi connectivity index (χ4v) is 2.42. The summed E-state index contributed by atoms with van der Waals surface area (Å²) in [7, 11) is 0. The third-order valence-electron chi connectivity index (χ3n) is 3.61. The van der Waals surface area contributed by atoms with E-state index in [1.807, 2.05) is 31.2 Å². The highest BCUT2D eigenvalue weighted by atomic mass is 16.5. The minimum Gasteiger partial charge on any atom is -0.336 e. The number of anilines is 1. The summed E-state index contributed by atoms with van der Waals surface area (Å²) < 4.78 is 5.16. The highest BCUT2D eigenvalue weighted by Gasteiger charge is 2.17. The molecule has 0 fully saturated rings. The van der Waals surface area contributed by atoms with E-state index in [0.29, 0.717) is 22.4 Å². The lowest BCUT2D eigenvalue weighted by Gasteiger charge is -2.07. The minimum atomic E-state index is -0.189. The predicted octanol–water partition coefficient (Wildman–Crippen LogP) is 3.65. The minimum absolute atomic E-state index is 0.189. The van der Waals surface area contributed by atoms with Crippen molar-refractivity contribution in [2.45, 2.75) is 27.2 Å². The number of hydrogen-bond acceptors (Lipinski definition) is 4. The second kappa shape index (κ2) is 5.60. The summed E-state index contributed by atoms with van der Waals surface area (Å²) >= 11 is 0. The summed E-state index contributed by atoms with van der Waals surface area (Å²) in [6.45, 7) is 5.72. The standard InChI is InChI=1S/C17H17N3O2/c1-4-12-5-7-13(8-6-12)19-16(21)14-9-10(2)18-17-15(14)11(3)20-22-17/h5-9H,4H2,1-3H3,(H,19,21). The molecule has 0 atom stereocenters. The number of benzene rings is 1. The molecule has 0 spiro atoms. The highest BCUT2D eigenvalue weighted by Crippen LogP contribution is 2.23. The van der Waals surface area contributed by atoms with Crippen LogP contribution in [0.3, 0.4) is 0 Å². The van der Waals surface area contributed by atoms with Crippen LogP contribution in [0.2, 0.25) is 0 Å². The van der Waals surface area contributed by atoms with Crippen LogP contribution in [0.15, 0.2) is 34.9 Å². The molecule has 5 nitrogen and oxygen atoms in total. The first-order valence-electron chi connectivity index (χ1n) is 7.22. The van der Waals surface area contributed by atoms with Gasteiger partial charge in [-0.2, -0.15) is 0 Å². The molecule has 0 unspecified atom stereocenters. The van der Waals surface area contributed by atoms with Gasteiger partial charge in [-0.1, -0.05) is 24.2 Å². The largest absolute Gasteiger partial charge is 0.336 e. The van der Waals surface area contributed by atoms with Crippen LogP contribution >= 0.6 is 0 Å². The summed E-state index contributed by atoms with van der Waals surface area (Å²) in [5, 5.41) is 7.46. The quantitative estimate of drug-likeness (QED) is 0.800. The molecule has 5 heteroatoms. The van der Waals surface area contributed by atoms with Crippen LogP contribution in [-0.4, -0.2) is 16.0 Å². The van der Waals surface area contributed by atoms with Crippen LogP contribution < -0.4 is 5.32 Å². The Bertz CT molecular complexity index is 835. The highest BCUT2D eigenvalue weighted by molar-refractivity contribution is 6.12. The zero-order valence-corrected chi connectivity index (χ0v) is 12.8. The molecule has 0 bridgehead atoms. The zero-order chi connectivity index (χ0) is 15.7. The van der Waals surface area contributed by atoms with E-state index in [-0.39, 0.29) is 5.91 Å². The topological polar surface area (TPSA) is 68.0 Å². The maximum absolute atomic E-state index is 12.6. The summed E-state index contributed by atoms with van der Waals surface area (Å²) in [5.74, 6) is -0.189. The molecule has 2 aromatic heterocycles. The molecule has 1 aromatic carbocycles. The number of hydrogen-bond donors (Lipinski definition) is 1. The van der Waals surface area contributed by atoms with E-state index in [2.05, 4.69) is 22.4 Å². The molecule has 0 aliphatic rings. The van der Waals surface area contributed by atoms with Gasteiger partial charge in [0.05, 0.1) is 16.6 Å². The van der Waals surface area contributed by atoms with Gasteiger partial charge in [-0.25, -0.2) is 4.98 Å². The van der Waals surface area contributed by atoms with E-state index in [1.54, 1.807) is 13.0 Å². The van der Waals surface area contributed by atoms with Crippen molar-refractivity contribution >= 4 is 22.7 Å². The van der Waals surface area contributed by atoms with Crippen molar-refractivity contribution < 1.29 is 9.32 Å². The Hall–Kier alpha value is -2.69. The monoisotopic (exact) mass is 295 g/mol. The van der Waals surface area contributed by atoms with Gasteiger partial charge < -0.3 is 9.84 Å². The van der Waals surface area contributed by atoms with Gasteiger partial charge in [-0.3, -0.25) is 4.79 Å². The lowest BCUT2D eigenvalue weighted by molar-refractivity contribution is 0.102. The average molecular weight is 295 g/mol. The van der Waals surface area contributed by atoms with Gasteiger partial charge in [0.2, 0.25) is 0 Å². The molecular formula is C17H17N3O2. The van der Waals surface area contributed by atoms with E-state index >= 15 is 0 Å². The van der Waals surface area contributed by atoms with Gasteiger partial charge >= 0.3 is 0 Å². The second-order valence-corrected chi connectivity index (χ2v) is 5.26. The van der Waals surface area contributed by atoms with E-state index < -0.39 is 0 Å². The number of rotatable bonds is 3. The smallest absolute Gasteiger partial charge is 0.258 e. The summed E-state index contributed by atoms with van der Waals surface area (Å²) in [4.78, 5) is 16.8. The molecule has 3 rings (SSSR count). The fraction of sp³-hybridized carbons (Fsp3) is 0.235. The van der Waals surface area contributed by atoms with E-state index in [0.717, 1.165) is 17.8 Å². The fourth-order valence-electron chi connectivity index (χ4n) is 2.42. The average Bonchev–Trinajstić information content (AvgIpc) is 2.88. The van der Waals surface area contributed by atoms with Gasteiger partial charge in [-0.15, -0.1) is 0 Å². The Morgan fingerprint density at radius 2 is 1.95 bits per heavy atom. The van der Waals surface area contributed by atoms with Crippen LogP contribution in [0.5, 0.6) is 0 Å². The molecule has 3 aromatic rings. The van der Waals surface area contributed by atoms with Crippen molar-refractivity contribution in [3.8, 4) is 0 Å². The Morgan fingerprint density at radius 1 is 1.23 bits per heavy atom. The van der Waals surface area contributed by atoms with Crippen molar-refractivity contribution in [1.29, 1.82) is 0 Å². The molecule has 0 radical (unpaired) electrons. The maximum Gasteiger partial charge on any atom is 0.258 e. The van der Waals surface area contributed by atoms with Crippen LogP contribution in [0.1, 0.15) is 34.2 Å². The molecule has 0 saturated carbocycles. The van der Waals surface area contributed by atoms with Gasteiger partial charge in [0.25, 0.3) is 11.6 Å². The number of carbonyl (C=O) groups is 1. The molecule has 1 amide bonds. The van der Waals surface area contributed by atoms with Crippen LogP contribution in [0.25, 0.3) is 11.1 Å². The SMILES string of the molecule is CCc1ccc(NC(=O)c2cc(C)nc3onc(C)c23)cc1. The normalized spacial score (nSPS) is 10.9. The first kappa shape index (κ1) is 14.3. The van der Waals surface area contributed by atoms with Crippen molar-refractivity contribution in [3.63, 3.8) is 0 Å². The lowest BCUT2D eigenvalue weighted by atomic mass is 10.1. The van der Waals surface area contributed by atoms with Crippen LogP contribution in [0.4, 0.5) is 5.69 Å². The molecule has 2 heterocycles. The number of aryl methyl sites for hydroxylation is 3. The molecule has 0 aliphatic heterocycles. The zero-order valence-electron chi connectivity index (χ0n) is 12.8. The summed E-state index contributed by atoms with van der Waals surface area (Å²) in [5.41, 5.74) is 4.29. The Balaban J connectivity index is 1.96. The Morgan fingerprint density at radius 3 is 2.64 bits per heavy atom. The maximum atomic E-state index is 12.6. The van der Waals surface area contributed by atoms with Crippen LogP contribution in [0, 0.1) is 13.8 Å². The van der Waals surface area contributed by atoms with Crippen molar-refractivity contribution in [2.75, 3.05) is 5.32 Å². The number of pyridine rings is 1. The lowest BCUT2D eigenvalue weighted by Crippen LogP contribution is -2.13. The van der Waals surface area contributed by atoms with Crippen molar-refractivity contribution in [3.05, 3.63) is 52.8 Å². The van der Waals surface area contributed by atoms with Gasteiger partial charge in [0, 0.05) is 11.4 Å². The number of nitrogens with zero attached hydrogens (tertiary/aromatic N) is 2. The van der Waals surface area contributed by atoms with E-state index in [4.69, 9.17) is 4.52 Å². The number of aromatic nitrogens is 2. The van der Waals surface area contributed by atoms with E-state index in [1.165, 1.54) is 5.56 Å². The number of nitrogens with one attached hydrogen (secondary N) is 1. The van der Waals surface area contributed by atoms with E-state index in [9.17, 15) is 4.79 Å². The van der Waals surface area contributed by atoms with Gasteiger partial charge in [-0.05, 0) is 44.0 Å². The molecule has 0 saturated heterocycles. The van der Waals surface area contributed by atoms with Crippen molar-refractivity contribution in [1.82, 2.24) is 10.1 Å². The van der Waals surface area contributed by atoms with Gasteiger partial charge in [0.15, 0.2) is 0 Å². The van der Waals surface area contributed by atoms with Crippen molar-refractivity contribution in [2.24, 2.45) is 0 Å². The number of carbonyl (C=O) groups excluding carboxylic acids is 1. The predicted molar refractivity (Wildman–Crippen MR) is 85.1 cm³/mol. The molecule has 112 valence electrons. The summed E-state index contributed by atoms with van der Waals surface area (Å²) in [6.07, 6.45) is 0.971. The molecular weight excluding hydrogens is 278 g/mol. The van der Waals surface area contributed by atoms with Crippen LogP contribution in [-0.2, 0) is 6.42 Å². The molecule has 1 N–H and O–H groups in total. The molecule has 22 heavy (non-hydrogen) atoms. The van der Waals surface area contributed by atoms with Gasteiger partial charge in [0.1, 0.15) is 0 Å². The Labute approximate surface area is 128 Å². The summed E-state index contributed by atoms with van der Waals surface area (Å²) in [6, 6.07) is 9.58. The first-order chi connectivity index (χ1) is 10.6.